The van der Waals surface area contributed by atoms with E-state index in [9.17, 15) is 14.7 Å². The second-order valence-corrected chi connectivity index (χ2v) is 7.72. The minimum absolute atomic E-state index is 0.0124. The summed E-state index contributed by atoms with van der Waals surface area (Å²) in [5.74, 6) is -0.484. The van der Waals surface area contributed by atoms with Gasteiger partial charge in [0.2, 0.25) is 0 Å². The fourth-order valence-electron chi connectivity index (χ4n) is 4.14. The number of hydrogen-bond donors (Lipinski definition) is 2. The predicted molar refractivity (Wildman–Crippen MR) is 125 cm³/mol. The van der Waals surface area contributed by atoms with E-state index in [1.165, 1.54) is 6.07 Å². The molecule has 164 valence electrons. The largest absolute Gasteiger partial charge is 0.507 e. The molecule has 0 amide bonds. The van der Waals surface area contributed by atoms with Crippen molar-refractivity contribution >= 4 is 22.9 Å². The first-order valence-corrected chi connectivity index (χ1v) is 10.8. The molecule has 6 nitrogen and oxygen atoms in total. The van der Waals surface area contributed by atoms with Gasteiger partial charge in [0.15, 0.2) is 17.3 Å². The van der Waals surface area contributed by atoms with Crippen molar-refractivity contribution in [2.75, 3.05) is 23.7 Å². The Kier molecular flexibility index (Phi) is 5.61. The van der Waals surface area contributed by atoms with Crippen LogP contribution in [0.3, 0.4) is 0 Å². The fraction of sp³-hybridized carbons (Fsp3) is 0.231. The van der Waals surface area contributed by atoms with Crippen molar-refractivity contribution in [3.63, 3.8) is 0 Å². The molecule has 4 rings (SSSR count). The Morgan fingerprint density at radius 1 is 0.906 bits per heavy atom. The quantitative estimate of drug-likeness (QED) is 0.332. The zero-order valence-electron chi connectivity index (χ0n) is 18.4. The van der Waals surface area contributed by atoms with Crippen LogP contribution in [0.4, 0.5) is 11.4 Å². The van der Waals surface area contributed by atoms with Gasteiger partial charge in [-0.05, 0) is 44.0 Å². The molecule has 3 aromatic rings. The molecule has 0 atom stereocenters. The van der Waals surface area contributed by atoms with Gasteiger partial charge in [0.25, 0.3) is 0 Å². The van der Waals surface area contributed by atoms with E-state index >= 15 is 0 Å². The summed E-state index contributed by atoms with van der Waals surface area (Å²) in [6.07, 6.45) is 0.731. The van der Waals surface area contributed by atoms with E-state index < -0.39 is 11.6 Å². The maximum Gasteiger partial charge on any atom is 0.198 e. The Bertz CT molecular complexity index is 1230. The molecule has 6 heteroatoms. The topological polar surface area (TPSA) is 92.9 Å². The van der Waals surface area contributed by atoms with E-state index in [4.69, 9.17) is 10.5 Å². The van der Waals surface area contributed by atoms with Crippen molar-refractivity contribution in [3.05, 3.63) is 76.3 Å². The molecule has 0 aliphatic heterocycles. The summed E-state index contributed by atoms with van der Waals surface area (Å²) in [5.41, 5.74) is 8.77. The molecule has 0 unspecified atom stereocenters. The number of nitrogen functional groups attached to an aromatic ring is 1. The van der Waals surface area contributed by atoms with Crippen LogP contribution in [0.25, 0.3) is 0 Å². The Labute approximate surface area is 187 Å². The first kappa shape index (κ1) is 21.4. The smallest absolute Gasteiger partial charge is 0.198 e. The molecule has 0 aromatic heterocycles. The number of fused-ring (bicyclic) bond motifs is 2. The molecular weight excluding hydrogens is 404 g/mol. The van der Waals surface area contributed by atoms with Gasteiger partial charge >= 0.3 is 0 Å². The molecule has 0 fully saturated rings. The summed E-state index contributed by atoms with van der Waals surface area (Å²) >= 11 is 0. The number of benzene rings is 3. The number of aromatic hydroxyl groups is 1. The number of phenolic OH excluding ortho intramolecular Hbond substituents is 1. The number of nitrogens with two attached hydrogens (primary N) is 1. The molecule has 3 aromatic carbocycles. The van der Waals surface area contributed by atoms with Gasteiger partial charge in [-0.2, -0.15) is 0 Å². The number of anilines is 2. The van der Waals surface area contributed by atoms with E-state index in [1.807, 2.05) is 31.2 Å². The van der Waals surface area contributed by atoms with Crippen molar-refractivity contribution in [3.8, 4) is 17.2 Å². The molecule has 1 aliphatic carbocycles. The second kappa shape index (κ2) is 8.38. The third-order valence-electron chi connectivity index (χ3n) is 5.92. The highest BCUT2D eigenvalue weighted by Crippen LogP contribution is 2.43. The summed E-state index contributed by atoms with van der Waals surface area (Å²) in [6.45, 7) is 7.80. The Balaban J connectivity index is 1.78. The van der Waals surface area contributed by atoms with Crippen LogP contribution in [0.2, 0.25) is 0 Å². The van der Waals surface area contributed by atoms with Crippen LogP contribution in [0, 0.1) is 0 Å². The van der Waals surface area contributed by atoms with Crippen LogP contribution in [-0.4, -0.2) is 29.8 Å². The van der Waals surface area contributed by atoms with Crippen LogP contribution in [-0.2, 0) is 6.42 Å². The SMILES string of the molecule is CCc1ccc2c(c1)C(=O)c1c(O)cc(Oc3cccc(N(CC)CC)c3)c(N)c1C2=O. The van der Waals surface area contributed by atoms with Gasteiger partial charge in [-0.1, -0.05) is 25.1 Å². The monoisotopic (exact) mass is 430 g/mol. The van der Waals surface area contributed by atoms with Gasteiger partial charge in [-0.25, -0.2) is 0 Å². The highest BCUT2D eigenvalue weighted by Gasteiger charge is 2.35. The van der Waals surface area contributed by atoms with Gasteiger partial charge in [-0.15, -0.1) is 0 Å². The number of carbonyl (C=O) groups is 2. The molecule has 3 N–H and O–H groups in total. The van der Waals surface area contributed by atoms with E-state index in [0.717, 1.165) is 30.8 Å². The van der Waals surface area contributed by atoms with E-state index in [1.54, 1.807) is 18.2 Å². The summed E-state index contributed by atoms with van der Waals surface area (Å²) in [7, 11) is 0. The number of ether oxygens (including phenoxy) is 1. The molecule has 32 heavy (non-hydrogen) atoms. The van der Waals surface area contributed by atoms with Crippen LogP contribution >= 0.6 is 0 Å². The summed E-state index contributed by atoms with van der Waals surface area (Å²) in [6, 6.07) is 14.0. The van der Waals surface area contributed by atoms with Gasteiger partial charge < -0.3 is 20.5 Å². The maximum absolute atomic E-state index is 13.2. The molecule has 0 radical (unpaired) electrons. The van der Waals surface area contributed by atoms with Crippen molar-refractivity contribution in [2.24, 2.45) is 0 Å². The van der Waals surface area contributed by atoms with Crippen molar-refractivity contribution < 1.29 is 19.4 Å². The highest BCUT2D eigenvalue weighted by molar-refractivity contribution is 6.31. The van der Waals surface area contributed by atoms with Crippen LogP contribution < -0.4 is 15.4 Å². The number of ketones is 2. The number of aryl methyl sites for hydroxylation is 1. The Hall–Kier alpha value is -3.80. The average Bonchev–Trinajstić information content (AvgIpc) is 2.80. The number of phenols is 1. The molecule has 0 spiro atoms. The van der Waals surface area contributed by atoms with Gasteiger partial charge in [-0.3, -0.25) is 9.59 Å². The van der Waals surface area contributed by atoms with Gasteiger partial charge in [0, 0.05) is 42.0 Å². The lowest BCUT2D eigenvalue weighted by atomic mass is 9.81. The molecule has 1 aliphatic rings. The zero-order chi connectivity index (χ0) is 23.0. The van der Waals surface area contributed by atoms with E-state index in [2.05, 4.69) is 18.7 Å². The molecular formula is C26H26N2O4. The lowest BCUT2D eigenvalue weighted by Gasteiger charge is -2.23. The van der Waals surface area contributed by atoms with Crippen molar-refractivity contribution in [1.82, 2.24) is 0 Å². The van der Waals surface area contributed by atoms with Crippen molar-refractivity contribution in [1.29, 1.82) is 0 Å². The molecule has 0 bridgehead atoms. The van der Waals surface area contributed by atoms with E-state index in [0.29, 0.717) is 5.75 Å². The Morgan fingerprint density at radius 2 is 1.62 bits per heavy atom. The minimum atomic E-state index is -0.413. The normalized spacial score (nSPS) is 12.3. The first-order chi connectivity index (χ1) is 15.4. The average molecular weight is 431 g/mol. The van der Waals surface area contributed by atoms with E-state index in [-0.39, 0.29) is 39.4 Å². The summed E-state index contributed by atoms with van der Waals surface area (Å²) in [4.78, 5) is 28.6. The molecule has 0 heterocycles. The number of hydrogen-bond acceptors (Lipinski definition) is 6. The third kappa shape index (κ3) is 3.47. The molecule has 0 saturated heterocycles. The first-order valence-electron chi connectivity index (χ1n) is 10.8. The summed E-state index contributed by atoms with van der Waals surface area (Å²) in [5, 5.41) is 10.7. The third-order valence-corrected chi connectivity index (χ3v) is 5.92. The van der Waals surface area contributed by atoms with Crippen LogP contribution in [0.1, 0.15) is 58.2 Å². The summed E-state index contributed by atoms with van der Waals surface area (Å²) < 4.78 is 5.97. The van der Waals surface area contributed by atoms with Crippen LogP contribution in [0.5, 0.6) is 17.2 Å². The lowest BCUT2D eigenvalue weighted by molar-refractivity contribution is 0.0977. The number of rotatable bonds is 6. The predicted octanol–water partition coefficient (Wildman–Crippen LogP) is 4.95. The minimum Gasteiger partial charge on any atom is -0.507 e. The van der Waals surface area contributed by atoms with Gasteiger partial charge in [0.1, 0.15) is 11.5 Å². The maximum atomic E-state index is 13.2. The zero-order valence-corrected chi connectivity index (χ0v) is 18.4. The van der Waals surface area contributed by atoms with Crippen LogP contribution in [0.15, 0.2) is 48.5 Å². The second-order valence-electron chi connectivity index (χ2n) is 7.72. The number of carbonyl (C=O) groups excluding carboxylic acids is 2. The fourth-order valence-corrected chi connectivity index (χ4v) is 4.14. The molecule has 0 saturated carbocycles. The van der Waals surface area contributed by atoms with Gasteiger partial charge in [0.05, 0.1) is 16.8 Å². The lowest BCUT2D eigenvalue weighted by Crippen LogP contribution is -2.23. The van der Waals surface area contributed by atoms with Crippen molar-refractivity contribution in [2.45, 2.75) is 27.2 Å². The Morgan fingerprint density at radius 3 is 2.31 bits per heavy atom. The highest BCUT2D eigenvalue weighted by atomic mass is 16.5. The standard InChI is InChI=1S/C26H26N2O4/c1-4-15-10-11-18-19(12-15)26(31)22-20(29)14-21(24(27)23(22)25(18)30)32-17-9-7-8-16(13-17)28(5-2)6-3/h7-14,29H,4-6,27H2,1-3H3. The number of nitrogens with zero attached hydrogens (tertiary/aromatic N) is 1.